The third-order valence-electron chi connectivity index (χ3n) is 4.21. The van der Waals surface area contributed by atoms with E-state index in [4.69, 9.17) is 11.1 Å². The van der Waals surface area contributed by atoms with Crippen LogP contribution in [0.15, 0.2) is 48.8 Å². The molecule has 1 saturated heterocycles. The van der Waals surface area contributed by atoms with Crippen molar-refractivity contribution in [1.82, 2.24) is 14.8 Å². The summed E-state index contributed by atoms with van der Waals surface area (Å²) < 4.78 is 0. The molecule has 0 unspecified atom stereocenters. The Balaban J connectivity index is 1.61. The van der Waals surface area contributed by atoms with Crippen LogP contribution >= 0.6 is 0 Å². The molecule has 1 aromatic heterocycles. The maximum Gasteiger partial charge on any atom is 0.255 e. The number of nitrogens with two attached hydrogens (primary N) is 1. The number of aromatic nitrogens is 1. The largest absolute Gasteiger partial charge is 0.384 e. The van der Waals surface area contributed by atoms with E-state index in [0.717, 1.165) is 0 Å². The van der Waals surface area contributed by atoms with Gasteiger partial charge in [0.1, 0.15) is 5.84 Å². The number of nitrogen functional groups attached to an aromatic ring is 1. The second kappa shape index (κ2) is 7.12. The van der Waals surface area contributed by atoms with Gasteiger partial charge in [-0.15, -0.1) is 0 Å². The first-order valence-corrected chi connectivity index (χ1v) is 7.99. The molecule has 2 aromatic rings. The lowest BCUT2D eigenvalue weighted by Gasteiger charge is -2.34. The van der Waals surface area contributed by atoms with Crippen LogP contribution in [0.4, 0.5) is 0 Å². The Morgan fingerprint density at radius 1 is 0.880 bits per heavy atom. The molecule has 0 atom stereocenters. The van der Waals surface area contributed by atoms with Crippen LogP contribution in [-0.2, 0) is 0 Å². The van der Waals surface area contributed by atoms with Gasteiger partial charge >= 0.3 is 0 Å². The van der Waals surface area contributed by atoms with Gasteiger partial charge < -0.3 is 15.5 Å². The molecule has 0 aliphatic carbocycles. The van der Waals surface area contributed by atoms with Crippen molar-refractivity contribution in [1.29, 1.82) is 5.41 Å². The van der Waals surface area contributed by atoms with E-state index in [1.807, 2.05) is 0 Å². The fourth-order valence-corrected chi connectivity index (χ4v) is 2.76. The molecule has 7 nitrogen and oxygen atoms in total. The number of carbonyl (C=O) groups is 2. The van der Waals surface area contributed by atoms with Gasteiger partial charge in [-0.1, -0.05) is 12.1 Å². The second-order valence-corrected chi connectivity index (χ2v) is 5.82. The molecule has 2 heterocycles. The first kappa shape index (κ1) is 16.6. The van der Waals surface area contributed by atoms with Crippen LogP contribution in [-0.4, -0.2) is 58.6 Å². The summed E-state index contributed by atoms with van der Waals surface area (Å²) in [6, 6.07) is 10.1. The Hall–Kier alpha value is -3.22. The topological polar surface area (TPSA) is 103 Å². The second-order valence-electron chi connectivity index (χ2n) is 5.82. The third-order valence-corrected chi connectivity index (χ3v) is 4.21. The molecule has 2 amide bonds. The first-order chi connectivity index (χ1) is 12.1. The third kappa shape index (κ3) is 3.65. The van der Waals surface area contributed by atoms with Gasteiger partial charge in [-0.3, -0.25) is 20.0 Å². The number of hydrogen-bond donors (Lipinski definition) is 2. The molecule has 0 spiro atoms. The van der Waals surface area contributed by atoms with Crippen molar-refractivity contribution >= 4 is 17.6 Å². The zero-order valence-corrected chi connectivity index (χ0v) is 13.7. The van der Waals surface area contributed by atoms with E-state index in [1.54, 1.807) is 58.6 Å². The Kier molecular flexibility index (Phi) is 4.74. The molecular weight excluding hydrogens is 318 g/mol. The molecule has 3 rings (SSSR count). The minimum Gasteiger partial charge on any atom is -0.384 e. The van der Waals surface area contributed by atoms with Gasteiger partial charge in [0.2, 0.25) is 0 Å². The molecule has 1 aliphatic heterocycles. The number of hydrogen-bond acceptors (Lipinski definition) is 4. The number of piperazine rings is 1. The fraction of sp³-hybridized carbons (Fsp3) is 0.222. The summed E-state index contributed by atoms with van der Waals surface area (Å²) in [5.74, 6) is -0.170. The number of amidine groups is 1. The number of amides is 2. The highest BCUT2D eigenvalue weighted by atomic mass is 16.2. The molecule has 1 aromatic carbocycles. The number of pyridine rings is 1. The molecule has 0 bridgehead atoms. The number of nitrogens with one attached hydrogen (secondary N) is 1. The molecule has 1 fully saturated rings. The summed E-state index contributed by atoms with van der Waals surface area (Å²) in [5, 5.41) is 7.38. The van der Waals surface area contributed by atoms with Crippen molar-refractivity contribution < 1.29 is 9.59 Å². The van der Waals surface area contributed by atoms with Crippen LogP contribution in [0.5, 0.6) is 0 Å². The maximum absolute atomic E-state index is 12.6. The SMILES string of the molecule is N=C(N)c1ccc(C(=O)N2CCN(C(=O)c3cccnc3)CC2)cc1. The lowest BCUT2D eigenvalue weighted by atomic mass is 10.1. The van der Waals surface area contributed by atoms with Crippen LogP contribution in [0.3, 0.4) is 0 Å². The number of nitrogens with zero attached hydrogens (tertiary/aromatic N) is 3. The summed E-state index contributed by atoms with van der Waals surface area (Å²) in [6.45, 7) is 1.95. The fourth-order valence-electron chi connectivity index (χ4n) is 2.76. The quantitative estimate of drug-likeness (QED) is 0.643. The smallest absolute Gasteiger partial charge is 0.255 e. The van der Waals surface area contributed by atoms with Crippen molar-refractivity contribution in [2.24, 2.45) is 5.73 Å². The summed E-state index contributed by atoms with van der Waals surface area (Å²) in [7, 11) is 0. The Bertz CT molecular complexity index is 781. The maximum atomic E-state index is 12.6. The van der Waals surface area contributed by atoms with E-state index in [0.29, 0.717) is 42.9 Å². The van der Waals surface area contributed by atoms with Crippen molar-refractivity contribution in [3.8, 4) is 0 Å². The summed E-state index contributed by atoms with van der Waals surface area (Å²) in [5.41, 5.74) is 7.12. The van der Waals surface area contributed by atoms with Gasteiger partial charge in [0, 0.05) is 49.7 Å². The average Bonchev–Trinajstić information content (AvgIpc) is 2.67. The van der Waals surface area contributed by atoms with E-state index in [1.165, 1.54) is 0 Å². The highest BCUT2D eigenvalue weighted by molar-refractivity contribution is 5.98. The predicted molar refractivity (Wildman–Crippen MR) is 93.5 cm³/mol. The number of benzene rings is 1. The van der Waals surface area contributed by atoms with Crippen molar-refractivity contribution in [2.45, 2.75) is 0 Å². The molecule has 0 saturated carbocycles. The summed E-state index contributed by atoms with van der Waals surface area (Å²) >= 11 is 0. The summed E-state index contributed by atoms with van der Waals surface area (Å²) in [6.07, 6.45) is 3.18. The Morgan fingerprint density at radius 3 is 1.88 bits per heavy atom. The van der Waals surface area contributed by atoms with Crippen molar-refractivity contribution in [2.75, 3.05) is 26.2 Å². The monoisotopic (exact) mass is 337 g/mol. The molecular formula is C18H19N5O2. The minimum absolute atomic E-state index is 0.0264. The van der Waals surface area contributed by atoms with Crippen LogP contribution in [0.2, 0.25) is 0 Å². The van der Waals surface area contributed by atoms with Gasteiger partial charge in [-0.2, -0.15) is 0 Å². The highest BCUT2D eigenvalue weighted by Crippen LogP contribution is 2.12. The zero-order chi connectivity index (χ0) is 17.8. The molecule has 25 heavy (non-hydrogen) atoms. The van der Waals surface area contributed by atoms with Crippen LogP contribution in [0.1, 0.15) is 26.3 Å². The van der Waals surface area contributed by atoms with Crippen LogP contribution in [0, 0.1) is 5.41 Å². The summed E-state index contributed by atoms with van der Waals surface area (Å²) in [4.78, 5) is 32.4. The molecule has 1 aliphatic rings. The Morgan fingerprint density at radius 2 is 1.40 bits per heavy atom. The number of rotatable bonds is 3. The van der Waals surface area contributed by atoms with Crippen LogP contribution in [0.25, 0.3) is 0 Å². The van der Waals surface area contributed by atoms with Gasteiger partial charge in [-0.05, 0) is 24.3 Å². The van der Waals surface area contributed by atoms with Crippen molar-refractivity contribution in [3.63, 3.8) is 0 Å². The molecule has 128 valence electrons. The minimum atomic E-state index is -0.0800. The van der Waals surface area contributed by atoms with Gasteiger partial charge in [0.05, 0.1) is 5.56 Å². The predicted octanol–water partition coefficient (Wildman–Crippen LogP) is 0.964. The molecule has 7 heteroatoms. The van der Waals surface area contributed by atoms with E-state index in [2.05, 4.69) is 4.98 Å². The van der Waals surface area contributed by atoms with Gasteiger partial charge in [0.25, 0.3) is 11.8 Å². The van der Waals surface area contributed by atoms with Gasteiger partial charge in [-0.25, -0.2) is 0 Å². The highest BCUT2D eigenvalue weighted by Gasteiger charge is 2.25. The lowest BCUT2D eigenvalue weighted by molar-refractivity contribution is 0.0535. The first-order valence-electron chi connectivity index (χ1n) is 7.99. The standard InChI is InChI=1S/C18H19N5O2/c19-16(20)13-3-5-14(6-4-13)17(24)22-8-10-23(11-9-22)18(25)15-2-1-7-21-12-15/h1-7,12H,8-11H2,(H3,19,20). The molecule has 3 N–H and O–H groups in total. The average molecular weight is 337 g/mol. The molecule has 0 radical (unpaired) electrons. The van der Waals surface area contributed by atoms with Crippen molar-refractivity contribution in [3.05, 3.63) is 65.5 Å². The van der Waals surface area contributed by atoms with E-state index < -0.39 is 0 Å². The normalized spacial score (nSPS) is 14.2. The van der Waals surface area contributed by atoms with Gasteiger partial charge in [0.15, 0.2) is 0 Å². The van der Waals surface area contributed by atoms with E-state index in [9.17, 15) is 9.59 Å². The zero-order valence-electron chi connectivity index (χ0n) is 13.7. The van der Waals surface area contributed by atoms with E-state index >= 15 is 0 Å². The van der Waals surface area contributed by atoms with Crippen LogP contribution < -0.4 is 5.73 Å². The Labute approximate surface area is 145 Å². The number of carbonyl (C=O) groups excluding carboxylic acids is 2. The lowest BCUT2D eigenvalue weighted by Crippen LogP contribution is -2.50. The van der Waals surface area contributed by atoms with E-state index in [-0.39, 0.29) is 17.6 Å².